The zero-order valence-corrected chi connectivity index (χ0v) is 13.2. The molecule has 22 heavy (non-hydrogen) atoms. The molecular formula is C18H23N3O. The molecular weight excluding hydrogens is 274 g/mol. The third-order valence-electron chi connectivity index (χ3n) is 3.45. The number of guanidine groups is 1. The van der Waals surface area contributed by atoms with E-state index < -0.39 is 0 Å². The van der Waals surface area contributed by atoms with Crippen LogP contribution in [0.2, 0.25) is 0 Å². The average molecular weight is 297 g/mol. The molecule has 0 spiro atoms. The lowest BCUT2D eigenvalue weighted by molar-refractivity contribution is 0.414. The van der Waals surface area contributed by atoms with E-state index in [9.17, 15) is 0 Å². The Morgan fingerprint density at radius 3 is 2.59 bits per heavy atom. The summed E-state index contributed by atoms with van der Waals surface area (Å²) < 4.78 is 5.14. The van der Waals surface area contributed by atoms with E-state index in [-0.39, 0.29) is 0 Å². The van der Waals surface area contributed by atoms with Crippen molar-refractivity contribution in [1.29, 1.82) is 0 Å². The summed E-state index contributed by atoms with van der Waals surface area (Å²) in [4.78, 5) is 4.36. The number of aryl methyl sites for hydroxylation is 1. The molecule has 0 heterocycles. The quantitative estimate of drug-likeness (QED) is 0.635. The highest BCUT2D eigenvalue weighted by atomic mass is 16.5. The highest BCUT2D eigenvalue weighted by Crippen LogP contribution is 2.12. The molecule has 0 saturated carbocycles. The average Bonchev–Trinajstić information content (AvgIpc) is 2.55. The van der Waals surface area contributed by atoms with Gasteiger partial charge >= 0.3 is 0 Å². The maximum absolute atomic E-state index is 5.93. The van der Waals surface area contributed by atoms with Crippen molar-refractivity contribution >= 4 is 11.6 Å². The zero-order chi connectivity index (χ0) is 15.8. The van der Waals surface area contributed by atoms with Gasteiger partial charge in [-0.1, -0.05) is 31.2 Å². The van der Waals surface area contributed by atoms with E-state index in [1.807, 2.05) is 36.4 Å². The van der Waals surface area contributed by atoms with Crippen molar-refractivity contribution in [2.24, 2.45) is 10.7 Å². The lowest BCUT2D eigenvalue weighted by Crippen LogP contribution is -2.23. The number of nitrogens with two attached hydrogens (primary N) is 1. The monoisotopic (exact) mass is 297 g/mol. The molecule has 0 fully saturated rings. The van der Waals surface area contributed by atoms with Crippen LogP contribution >= 0.6 is 0 Å². The summed E-state index contributed by atoms with van der Waals surface area (Å²) in [6.07, 6.45) is 1.85. The smallest absolute Gasteiger partial charge is 0.193 e. The SMILES string of the molecule is CCc1cccc(NC(N)=NCCc2ccc(OC)cc2)c1. The van der Waals surface area contributed by atoms with Crippen molar-refractivity contribution < 1.29 is 4.74 Å². The number of hydrogen-bond acceptors (Lipinski definition) is 2. The number of ether oxygens (including phenoxy) is 1. The fraction of sp³-hybridized carbons (Fsp3) is 0.278. The minimum absolute atomic E-state index is 0.446. The lowest BCUT2D eigenvalue weighted by atomic mass is 10.1. The highest BCUT2D eigenvalue weighted by Gasteiger charge is 1.98. The van der Waals surface area contributed by atoms with Crippen molar-refractivity contribution in [3.63, 3.8) is 0 Å². The van der Waals surface area contributed by atoms with Crippen LogP contribution < -0.4 is 15.8 Å². The second kappa shape index (κ2) is 8.08. The molecule has 2 aromatic carbocycles. The van der Waals surface area contributed by atoms with Crippen LogP contribution in [-0.2, 0) is 12.8 Å². The maximum Gasteiger partial charge on any atom is 0.193 e. The number of nitrogens with zero attached hydrogens (tertiary/aromatic N) is 1. The number of nitrogens with one attached hydrogen (secondary N) is 1. The molecule has 4 heteroatoms. The van der Waals surface area contributed by atoms with E-state index in [4.69, 9.17) is 10.5 Å². The largest absolute Gasteiger partial charge is 0.497 e. The molecule has 2 rings (SSSR count). The third kappa shape index (κ3) is 4.81. The van der Waals surface area contributed by atoms with Gasteiger partial charge in [0.05, 0.1) is 7.11 Å². The van der Waals surface area contributed by atoms with Crippen LogP contribution in [0.1, 0.15) is 18.1 Å². The molecule has 0 aliphatic heterocycles. The number of aliphatic imine (C=N–C) groups is 1. The lowest BCUT2D eigenvalue weighted by Gasteiger charge is -2.07. The number of methoxy groups -OCH3 is 1. The number of rotatable bonds is 6. The summed E-state index contributed by atoms with van der Waals surface area (Å²) in [5, 5.41) is 3.13. The van der Waals surface area contributed by atoms with E-state index in [2.05, 4.69) is 29.4 Å². The molecule has 2 aromatic rings. The first-order valence-corrected chi connectivity index (χ1v) is 7.50. The molecule has 0 aliphatic carbocycles. The Balaban J connectivity index is 1.86. The van der Waals surface area contributed by atoms with Crippen molar-refractivity contribution in [2.45, 2.75) is 19.8 Å². The molecule has 3 N–H and O–H groups in total. The van der Waals surface area contributed by atoms with Gasteiger partial charge in [-0.25, -0.2) is 0 Å². The summed E-state index contributed by atoms with van der Waals surface area (Å²) in [6.45, 7) is 2.78. The fourth-order valence-electron chi connectivity index (χ4n) is 2.15. The molecule has 0 saturated heterocycles. The predicted molar refractivity (Wildman–Crippen MR) is 92.6 cm³/mol. The van der Waals surface area contributed by atoms with Gasteiger partial charge < -0.3 is 15.8 Å². The van der Waals surface area contributed by atoms with Crippen LogP contribution in [0.15, 0.2) is 53.5 Å². The van der Waals surface area contributed by atoms with E-state index in [0.29, 0.717) is 12.5 Å². The summed E-state index contributed by atoms with van der Waals surface area (Å²) in [5.74, 6) is 1.31. The first-order valence-electron chi connectivity index (χ1n) is 7.50. The van der Waals surface area contributed by atoms with Gasteiger partial charge in [0, 0.05) is 12.2 Å². The second-order valence-corrected chi connectivity index (χ2v) is 5.04. The Hall–Kier alpha value is -2.49. The summed E-state index contributed by atoms with van der Waals surface area (Å²) in [6, 6.07) is 16.2. The summed E-state index contributed by atoms with van der Waals surface area (Å²) in [5.41, 5.74) is 9.39. The maximum atomic E-state index is 5.93. The molecule has 0 atom stereocenters. The molecule has 4 nitrogen and oxygen atoms in total. The van der Waals surface area contributed by atoms with Crippen LogP contribution in [0, 0.1) is 0 Å². The van der Waals surface area contributed by atoms with Crippen molar-refractivity contribution in [3.05, 3.63) is 59.7 Å². The van der Waals surface area contributed by atoms with Crippen LogP contribution in [-0.4, -0.2) is 19.6 Å². The van der Waals surface area contributed by atoms with Crippen LogP contribution in [0.4, 0.5) is 5.69 Å². The van der Waals surface area contributed by atoms with Gasteiger partial charge in [-0.05, 0) is 48.2 Å². The molecule has 0 aliphatic rings. The topological polar surface area (TPSA) is 59.6 Å². The van der Waals surface area contributed by atoms with Gasteiger partial charge in [0.2, 0.25) is 0 Å². The Morgan fingerprint density at radius 2 is 1.91 bits per heavy atom. The third-order valence-corrected chi connectivity index (χ3v) is 3.45. The van der Waals surface area contributed by atoms with Crippen molar-refractivity contribution in [3.8, 4) is 5.75 Å². The Bertz CT molecular complexity index is 620. The standard InChI is InChI=1S/C18H23N3O/c1-3-14-5-4-6-16(13-14)21-18(19)20-12-11-15-7-9-17(22-2)10-8-15/h4-10,13H,3,11-12H2,1-2H3,(H3,19,20,21). The first-order chi connectivity index (χ1) is 10.7. The summed E-state index contributed by atoms with van der Waals surface area (Å²) >= 11 is 0. The number of anilines is 1. The number of hydrogen-bond donors (Lipinski definition) is 2. The molecule has 0 bridgehead atoms. The van der Waals surface area contributed by atoms with E-state index >= 15 is 0 Å². The van der Waals surface area contributed by atoms with Crippen molar-refractivity contribution in [1.82, 2.24) is 0 Å². The van der Waals surface area contributed by atoms with Crippen molar-refractivity contribution in [2.75, 3.05) is 19.0 Å². The van der Waals surface area contributed by atoms with Gasteiger partial charge in [0.15, 0.2) is 5.96 Å². The minimum atomic E-state index is 0.446. The highest BCUT2D eigenvalue weighted by molar-refractivity contribution is 5.92. The van der Waals surface area contributed by atoms with E-state index in [1.165, 1.54) is 11.1 Å². The van der Waals surface area contributed by atoms with Gasteiger partial charge in [-0.3, -0.25) is 4.99 Å². The molecule has 0 aromatic heterocycles. The van der Waals surface area contributed by atoms with Gasteiger partial charge in [0.1, 0.15) is 5.75 Å². The van der Waals surface area contributed by atoms with Crippen LogP contribution in [0.5, 0.6) is 5.75 Å². The molecule has 0 amide bonds. The molecule has 0 radical (unpaired) electrons. The normalized spacial score (nSPS) is 11.3. The van der Waals surface area contributed by atoms with E-state index in [1.54, 1.807) is 7.11 Å². The van der Waals surface area contributed by atoms with Gasteiger partial charge in [0.25, 0.3) is 0 Å². The number of benzene rings is 2. The summed E-state index contributed by atoms with van der Waals surface area (Å²) in [7, 11) is 1.67. The molecule has 0 unspecified atom stereocenters. The fourth-order valence-corrected chi connectivity index (χ4v) is 2.15. The Morgan fingerprint density at radius 1 is 1.14 bits per heavy atom. The van der Waals surface area contributed by atoms with Gasteiger partial charge in [-0.2, -0.15) is 0 Å². The Kier molecular flexibility index (Phi) is 5.83. The van der Waals surface area contributed by atoms with Gasteiger partial charge in [-0.15, -0.1) is 0 Å². The van der Waals surface area contributed by atoms with Crippen LogP contribution in [0.25, 0.3) is 0 Å². The minimum Gasteiger partial charge on any atom is -0.497 e. The molecule has 116 valence electrons. The first kappa shape index (κ1) is 15.9. The van der Waals surface area contributed by atoms with E-state index in [0.717, 1.165) is 24.3 Å². The Labute approximate surface area is 132 Å². The zero-order valence-electron chi connectivity index (χ0n) is 13.2. The second-order valence-electron chi connectivity index (χ2n) is 5.04. The van der Waals surface area contributed by atoms with Crippen LogP contribution in [0.3, 0.4) is 0 Å². The predicted octanol–water partition coefficient (Wildman–Crippen LogP) is 3.23.